The lowest BCUT2D eigenvalue weighted by Gasteiger charge is -2.09. The Labute approximate surface area is 114 Å². The molecule has 3 aromatic rings. The smallest absolute Gasteiger partial charge is 0.180 e. The third-order valence-electron chi connectivity index (χ3n) is 2.80. The van der Waals surface area contributed by atoms with Crippen molar-refractivity contribution in [1.82, 2.24) is 14.4 Å². The normalized spacial score (nSPS) is 10.2. The highest BCUT2D eigenvalue weighted by molar-refractivity contribution is 5.71. The van der Waals surface area contributed by atoms with Crippen molar-refractivity contribution >= 4 is 23.0 Å². The fourth-order valence-corrected chi connectivity index (χ4v) is 1.85. The molecule has 2 heterocycles. The second kappa shape index (κ2) is 4.87. The molecule has 0 aliphatic carbocycles. The topological polar surface area (TPSA) is 104 Å². The van der Waals surface area contributed by atoms with Crippen LogP contribution >= 0.6 is 0 Å². The Morgan fingerprint density at radius 3 is 2.75 bits per heavy atom. The van der Waals surface area contributed by atoms with E-state index in [1.165, 1.54) is 0 Å². The molecule has 4 N–H and O–H groups in total. The van der Waals surface area contributed by atoms with Crippen LogP contribution in [-0.4, -0.2) is 14.4 Å². The average molecular weight is 265 g/mol. The number of nitrogens with one attached hydrogen (secondary N) is 2. The van der Waals surface area contributed by atoms with Gasteiger partial charge in [0.1, 0.15) is 0 Å². The maximum Gasteiger partial charge on any atom is 0.180 e. The summed E-state index contributed by atoms with van der Waals surface area (Å²) in [6, 6.07) is 9.16. The molecule has 0 amide bonds. The van der Waals surface area contributed by atoms with E-state index >= 15 is 0 Å². The SMILES string of the molecule is N#Cc1ccc(Nc2nc(NN)cn3ccnc23)cc1. The zero-order valence-corrected chi connectivity index (χ0v) is 10.4. The quantitative estimate of drug-likeness (QED) is 0.491. The van der Waals surface area contributed by atoms with Crippen LogP contribution in [0.15, 0.2) is 42.9 Å². The Balaban J connectivity index is 2.00. The lowest BCUT2D eigenvalue weighted by Crippen LogP contribution is -2.11. The van der Waals surface area contributed by atoms with Gasteiger partial charge in [0, 0.05) is 18.1 Å². The van der Waals surface area contributed by atoms with Crippen molar-refractivity contribution in [3.8, 4) is 6.07 Å². The van der Waals surface area contributed by atoms with Gasteiger partial charge in [-0.15, -0.1) is 0 Å². The number of hydrogen-bond acceptors (Lipinski definition) is 6. The first-order valence-corrected chi connectivity index (χ1v) is 5.87. The van der Waals surface area contributed by atoms with E-state index in [4.69, 9.17) is 11.1 Å². The molecular formula is C13H11N7. The van der Waals surface area contributed by atoms with Gasteiger partial charge in [0.25, 0.3) is 0 Å². The molecule has 2 aromatic heterocycles. The Kier molecular flexibility index (Phi) is 2.91. The molecule has 0 saturated heterocycles. The van der Waals surface area contributed by atoms with Crippen LogP contribution in [-0.2, 0) is 0 Å². The van der Waals surface area contributed by atoms with Gasteiger partial charge < -0.3 is 15.1 Å². The number of rotatable bonds is 3. The molecule has 0 bridgehead atoms. The number of nitrogen functional groups attached to an aromatic ring is 1. The summed E-state index contributed by atoms with van der Waals surface area (Å²) in [4.78, 5) is 8.57. The molecule has 0 aliphatic heterocycles. The van der Waals surface area contributed by atoms with Gasteiger partial charge in [-0.1, -0.05) is 0 Å². The lowest BCUT2D eigenvalue weighted by atomic mass is 10.2. The van der Waals surface area contributed by atoms with E-state index in [0.29, 0.717) is 22.8 Å². The van der Waals surface area contributed by atoms with Crippen LogP contribution in [0.3, 0.4) is 0 Å². The number of aromatic nitrogens is 3. The monoisotopic (exact) mass is 265 g/mol. The Hall–Kier alpha value is -3.11. The first-order valence-electron chi connectivity index (χ1n) is 5.87. The van der Waals surface area contributed by atoms with E-state index in [9.17, 15) is 0 Å². The molecule has 0 fully saturated rings. The maximum atomic E-state index is 8.78. The van der Waals surface area contributed by atoms with E-state index < -0.39 is 0 Å². The molecule has 1 aromatic carbocycles. The van der Waals surface area contributed by atoms with Gasteiger partial charge in [-0.05, 0) is 24.3 Å². The molecular weight excluding hydrogens is 254 g/mol. The number of hydrazine groups is 1. The van der Waals surface area contributed by atoms with E-state index in [2.05, 4.69) is 26.8 Å². The zero-order chi connectivity index (χ0) is 13.9. The highest BCUT2D eigenvalue weighted by Crippen LogP contribution is 2.21. The van der Waals surface area contributed by atoms with Crippen molar-refractivity contribution in [3.05, 3.63) is 48.4 Å². The number of benzene rings is 1. The summed E-state index contributed by atoms with van der Waals surface area (Å²) in [7, 11) is 0. The molecule has 98 valence electrons. The summed E-state index contributed by atoms with van der Waals surface area (Å²) in [5.41, 5.74) is 4.62. The summed E-state index contributed by atoms with van der Waals surface area (Å²) in [6.45, 7) is 0. The fourth-order valence-electron chi connectivity index (χ4n) is 1.85. The van der Waals surface area contributed by atoms with Crippen LogP contribution in [0.1, 0.15) is 5.56 Å². The second-order valence-corrected chi connectivity index (χ2v) is 4.09. The van der Waals surface area contributed by atoms with Crippen LogP contribution < -0.4 is 16.6 Å². The van der Waals surface area contributed by atoms with Crippen LogP contribution in [0, 0.1) is 11.3 Å². The molecule has 20 heavy (non-hydrogen) atoms. The fraction of sp³-hybridized carbons (Fsp3) is 0. The zero-order valence-electron chi connectivity index (χ0n) is 10.4. The third-order valence-corrected chi connectivity index (χ3v) is 2.80. The second-order valence-electron chi connectivity index (χ2n) is 4.09. The lowest BCUT2D eigenvalue weighted by molar-refractivity contribution is 1.11. The number of fused-ring (bicyclic) bond motifs is 1. The molecule has 0 saturated carbocycles. The number of hydrogen-bond donors (Lipinski definition) is 3. The van der Waals surface area contributed by atoms with Crippen molar-refractivity contribution in [2.75, 3.05) is 10.7 Å². The number of nitriles is 1. The molecule has 0 radical (unpaired) electrons. The molecule has 0 aliphatic rings. The van der Waals surface area contributed by atoms with Gasteiger partial charge in [-0.2, -0.15) is 5.26 Å². The van der Waals surface area contributed by atoms with Crippen LogP contribution in [0.4, 0.5) is 17.3 Å². The van der Waals surface area contributed by atoms with Gasteiger partial charge in [-0.3, -0.25) is 0 Å². The van der Waals surface area contributed by atoms with Gasteiger partial charge in [-0.25, -0.2) is 15.8 Å². The summed E-state index contributed by atoms with van der Waals surface area (Å²) in [6.07, 6.45) is 5.23. The minimum Gasteiger partial charge on any atom is -0.337 e. The standard InChI is InChI=1S/C13H11N7/c14-7-9-1-3-10(4-2-9)17-12-13-16-5-6-20(13)8-11(18-12)19-15/h1-6,8,19H,15H2,(H,17,18). The molecule has 0 atom stereocenters. The minimum atomic E-state index is 0.520. The average Bonchev–Trinajstić information content (AvgIpc) is 2.96. The van der Waals surface area contributed by atoms with Crippen molar-refractivity contribution < 1.29 is 0 Å². The molecule has 0 spiro atoms. The Bertz CT molecular complexity index is 783. The maximum absolute atomic E-state index is 8.78. The van der Waals surface area contributed by atoms with Crippen molar-refractivity contribution in [3.63, 3.8) is 0 Å². The third kappa shape index (κ3) is 2.11. The number of imidazole rings is 1. The predicted molar refractivity (Wildman–Crippen MR) is 75.2 cm³/mol. The van der Waals surface area contributed by atoms with Crippen LogP contribution in [0.2, 0.25) is 0 Å². The van der Waals surface area contributed by atoms with Crippen LogP contribution in [0.25, 0.3) is 5.65 Å². The van der Waals surface area contributed by atoms with Gasteiger partial charge in [0.2, 0.25) is 0 Å². The van der Waals surface area contributed by atoms with E-state index in [1.54, 1.807) is 24.5 Å². The molecule has 0 unspecified atom stereocenters. The van der Waals surface area contributed by atoms with E-state index in [1.807, 2.05) is 22.7 Å². The number of nitrogens with zero attached hydrogens (tertiary/aromatic N) is 4. The summed E-state index contributed by atoms with van der Waals surface area (Å²) >= 11 is 0. The molecule has 7 nitrogen and oxygen atoms in total. The van der Waals surface area contributed by atoms with Crippen LogP contribution in [0.5, 0.6) is 0 Å². The highest BCUT2D eigenvalue weighted by atomic mass is 15.3. The summed E-state index contributed by atoms with van der Waals surface area (Å²) in [5, 5.41) is 11.9. The Morgan fingerprint density at radius 1 is 1.25 bits per heavy atom. The largest absolute Gasteiger partial charge is 0.337 e. The first kappa shape index (κ1) is 12.0. The van der Waals surface area contributed by atoms with Gasteiger partial charge in [0.05, 0.1) is 17.8 Å². The number of anilines is 3. The molecule has 7 heteroatoms. The first-order chi connectivity index (χ1) is 9.80. The van der Waals surface area contributed by atoms with Gasteiger partial charge in [0.15, 0.2) is 17.3 Å². The van der Waals surface area contributed by atoms with Crippen molar-refractivity contribution in [1.29, 1.82) is 5.26 Å². The van der Waals surface area contributed by atoms with E-state index in [0.717, 1.165) is 5.69 Å². The predicted octanol–water partition coefficient (Wildman–Crippen LogP) is 1.63. The minimum absolute atomic E-state index is 0.520. The summed E-state index contributed by atoms with van der Waals surface area (Å²) in [5.74, 6) is 6.50. The van der Waals surface area contributed by atoms with Gasteiger partial charge >= 0.3 is 0 Å². The van der Waals surface area contributed by atoms with E-state index in [-0.39, 0.29) is 0 Å². The van der Waals surface area contributed by atoms with Crippen molar-refractivity contribution in [2.24, 2.45) is 5.84 Å². The number of nitrogens with two attached hydrogens (primary N) is 1. The Morgan fingerprint density at radius 2 is 2.05 bits per heavy atom. The highest BCUT2D eigenvalue weighted by Gasteiger charge is 2.07. The molecule has 3 rings (SSSR count). The summed E-state index contributed by atoms with van der Waals surface area (Å²) < 4.78 is 1.81. The van der Waals surface area contributed by atoms with Crippen molar-refractivity contribution in [2.45, 2.75) is 0 Å².